The average Bonchev–Trinajstić information content (AvgIpc) is 2.91. The quantitative estimate of drug-likeness (QED) is 0.780. The van der Waals surface area contributed by atoms with Gasteiger partial charge in [0.25, 0.3) is 0 Å². The molecule has 1 aliphatic heterocycles. The van der Waals surface area contributed by atoms with Crippen molar-refractivity contribution in [1.29, 1.82) is 0 Å². The van der Waals surface area contributed by atoms with Crippen LogP contribution in [0.15, 0.2) is 16.6 Å². The fourth-order valence-electron chi connectivity index (χ4n) is 2.17. The number of hydrogen-bond acceptors (Lipinski definition) is 3. The zero-order valence-electron chi connectivity index (χ0n) is 10.4. The van der Waals surface area contributed by atoms with Crippen LogP contribution < -0.4 is 9.47 Å². The SMILES string of the molecule is COc1ccc(C(Cl)C2CCCO2)c(OC)c1Br. The van der Waals surface area contributed by atoms with E-state index in [2.05, 4.69) is 15.9 Å². The summed E-state index contributed by atoms with van der Waals surface area (Å²) < 4.78 is 17.1. The van der Waals surface area contributed by atoms with Gasteiger partial charge in [-0.1, -0.05) is 0 Å². The van der Waals surface area contributed by atoms with Crippen LogP contribution >= 0.6 is 27.5 Å². The lowest BCUT2D eigenvalue weighted by Crippen LogP contribution is -2.13. The minimum Gasteiger partial charge on any atom is -0.495 e. The Morgan fingerprint density at radius 2 is 2.17 bits per heavy atom. The third-order valence-electron chi connectivity index (χ3n) is 3.10. The van der Waals surface area contributed by atoms with Crippen molar-refractivity contribution in [3.63, 3.8) is 0 Å². The minimum atomic E-state index is -0.204. The molecule has 0 N–H and O–H groups in total. The number of benzene rings is 1. The van der Waals surface area contributed by atoms with Crippen LogP contribution in [0.2, 0.25) is 0 Å². The van der Waals surface area contributed by atoms with Crippen LogP contribution in [0.3, 0.4) is 0 Å². The third kappa shape index (κ3) is 2.60. The second kappa shape index (κ2) is 6.13. The molecule has 1 aromatic rings. The van der Waals surface area contributed by atoms with Crippen molar-refractivity contribution in [2.75, 3.05) is 20.8 Å². The topological polar surface area (TPSA) is 27.7 Å². The van der Waals surface area contributed by atoms with Crippen molar-refractivity contribution in [2.45, 2.75) is 24.3 Å². The van der Waals surface area contributed by atoms with Gasteiger partial charge in [-0.15, -0.1) is 11.6 Å². The van der Waals surface area contributed by atoms with Crippen LogP contribution in [0.4, 0.5) is 0 Å². The molecule has 1 heterocycles. The van der Waals surface area contributed by atoms with Gasteiger partial charge >= 0.3 is 0 Å². The summed E-state index contributed by atoms with van der Waals surface area (Å²) in [6.45, 7) is 0.785. The molecule has 0 spiro atoms. The van der Waals surface area contributed by atoms with Gasteiger partial charge in [0, 0.05) is 12.2 Å². The standard InChI is InChI=1S/C13H16BrClO3/c1-16-9-6-5-8(13(17-2)11(9)14)12(15)10-4-3-7-18-10/h5-6,10,12H,3-4,7H2,1-2H3. The molecule has 1 saturated heterocycles. The van der Waals surface area contributed by atoms with Crippen LogP contribution in [0.1, 0.15) is 23.8 Å². The summed E-state index contributed by atoms with van der Waals surface area (Å²) >= 11 is 9.98. The van der Waals surface area contributed by atoms with Gasteiger partial charge in [0.1, 0.15) is 16.0 Å². The molecule has 3 nitrogen and oxygen atoms in total. The van der Waals surface area contributed by atoms with Gasteiger partial charge in [-0.3, -0.25) is 0 Å². The molecule has 0 radical (unpaired) electrons. The molecule has 2 atom stereocenters. The summed E-state index contributed by atoms with van der Waals surface area (Å²) in [7, 11) is 3.25. The molecule has 2 rings (SSSR count). The molecule has 1 aromatic carbocycles. The van der Waals surface area contributed by atoms with Gasteiger partial charge in [0.15, 0.2) is 0 Å². The van der Waals surface area contributed by atoms with E-state index in [-0.39, 0.29) is 11.5 Å². The highest BCUT2D eigenvalue weighted by Crippen LogP contribution is 2.44. The Morgan fingerprint density at radius 1 is 1.39 bits per heavy atom. The first-order valence-corrected chi connectivity index (χ1v) is 7.08. The molecule has 5 heteroatoms. The van der Waals surface area contributed by atoms with E-state index in [1.807, 2.05) is 12.1 Å². The average molecular weight is 336 g/mol. The molecule has 1 fully saturated rings. The molecule has 0 bridgehead atoms. The summed E-state index contributed by atoms with van der Waals surface area (Å²) in [5.41, 5.74) is 0.929. The normalized spacial score (nSPS) is 20.8. The summed E-state index contributed by atoms with van der Waals surface area (Å²) in [4.78, 5) is 0. The minimum absolute atomic E-state index is 0.0564. The van der Waals surface area contributed by atoms with Crippen LogP contribution in [0.25, 0.3) is 0 Å². The van der Waals surface area contributed by atoms with Crippen molar-refractivity contribution in [3.8, 4) is 11.5 Å². The van der Waals surface area contributed by atoms with Gasteiger partial charge in [0.05, 0.1) is 25.7 Å². The zero-order valence-corrected chi connectivity index (χ0v) is 12.8. The van der Waals surface area contributed by atoms with Crippen LogP contribution in [0, 0.1) is 0 Å². The highest BCUT2D eigenvalue weighted by molar-refractivity contribution is 9.10. The van der Waals surface area contributed by atoms with E-state index in [0.717, 1.165) is 35.2 Å². The number of alkyl halides is 1. The highest BCUT2D eigenvalue weighted by Gasteiger charge is 2.29. The molecular weight excluding hydrogens is 319 g/mol. The number of methoxy groups -OCH3 is 2. The number of hydrogen-bond donors (Lipinski definition) is 0. The molecule has 1 aliphatic rings. The Hall–Kier alpha value is -0.450. The Bertz CT molecular complexity index is 419. The first-order chi connectivity index (χ1) is 8.69. The third-order valence-corrected chi connectivity index (χ3v) is 4.37. The first-order valence-electron chi connectivity index (χ1n) is 5.85. The van der Waals surface area contributed by atoms with E-state index in [9.17, 15) is 0 Å². The van der Waals surface area contributed by atoms with Crippen molar-refractivity contribution >= 4 is 27.5 Å². The smallest absolute Gasteiger partial charge is 0.141 e. The fraction of sp³-hybridized carbons (Fsp3) is 0.538. The maximum absolute atomic E-state index is 6.50. The van der Waals surface area contributed by atoms with Crippen molar-refractivity contribution in [1.82, 2.24) is 0 Å². The number of ether oxygens (including phenoxy) is 3. The Morgan fingerprint density at radius 3 is 2.72 bits per heavy atom. The van der Waals surface area contributed by atoms with E-state index in [1.54, 1.807) is 14.2 Å². The predicted molar refractivity (Wildman–Crippen MR) is 74.8 cm³/mol. The molecule has 0 aliphatic carbocycles. The summed E-state index contributed by atoms with van der Waals surface area (Å²) in [6, 6.07) is 3.81. The van der Waals surface area contributed by atoms with Crippen LogP contribution in [-0.2, 0) is 4.74 Å². The largest absolute Gasteiger partial charge is 0.495 e. The van der Waals surface area contributed by atoms with E-state index < -0.39 is 0 Å². The summed E-state index contributed by atoms with van der Waals surface area (Å²) in [6.07, 6.45) is 2.11. The summed E-state index contributed by atoms with van der Waals surface area (Å²) in [5, 5.41) is -0.204. The molecule has 18 heavy (non-hydrogen) atoms. The van der Waals surface area contributed by atoms with E-state index in [1.165, 1.54) is 0 Å². The Kier molecular flexibility index (Phi) is 4.76. The van der Waals surface area contributed by atoms with E-state index in [4.69, 9.17) is 25.8 Å². The van der Waals surface area contributed by atoms with Gasteiger partial charge in [-0.05, 0) is 40.9 Å². The maximum atomic E-state index is 6.50. The number of rotatable bonds is 4. The van der Waals surface area contributed by atoms with Crippen LogP contribution in [0.5, 0.6) is 11.5 Å². The van der Waals surface area contributed by atoms with Crippen molar-refractivity contribution in [3.05, 3.63) is 22.2 Å². The highest BCUT2D eigenvalue weighted by atomic mass is 79.9. The molecule has 0 saturated carbocycles. The van der Waals surface area contributed by atoms with Gasteiger partial charge in [0.2, 0.25) is 0 Å². The molecule has 0 aromatic heterocycles. The van der Waals surface area contributed by atoms with E-state index in [0.29, 0.717) is 5.75 Å². The lowest BCUT2D eigenvalue weighted by Gasteiger charge is -2.21. The van der Waals surface area contributed by atoms with E-state index >= 15 is 0 Å². The van der Waals surface area contributed by atoms with Crippen molar-refractivity contribution in [2.24, 2.45) is 0 Å². The first kappa shape index (κ1) is 14.0. The van der Waals surface area contributed by atoms with Crippen molar-refractivity contribution < 1.29 is 14.2 Å². The monoisotopic (exact) mass is 334 g/mol. The fourth-order valence-corrected chi connectivity index (χ4v) is 3.22. The summed E-state index contributed by atoms with van der Waals surface area (Å²) in [5.74, 6) is 1.44. The second-order valence-electron chi connectivity index (χ2n) is 4.16. The Balaban J connectivity index is 2.34. The lowest BCUT2D eigenvalue weighted by atomic mass is 10.0. The van der Waals surface area contributed by atoms with Gasteiger partial charge in [-0.2, -0.15) is 0 Å². The Labute approximate surface area is 120 Å². The maximum Gasteiger partial charge on any atom is 0.141 e. The second-order valence-corrected chi connectivity index (χ2v) is 5.42. The van der Waals surface area contributed by atoms with Crippen LogP contribution in [-0.4, -0.2) is 26.9 Å². The zero-order chi connectivity index (χ0) is 13.1. The molecular formula is C13H16BrClO3. The molecule has 100 valence electrons. The number of halogens is 2. The molecule has 2 unspecified atom stereocenters. The van der Waals surface area contributed by atoms with Gasteiger partial charge < -0.3 is 14.2 Å². The lowest BCUT2D eigenvalue weighted by molar-refractivity contribution is 0.107. The predicted octanol–water partition coefficient (Wildman–Crippen LogP) is 3.93. The van der Waals surface area contributed by atoms with Gasteiger partial charge in [-0.25, -0.2) is 0 Å². The molecule has 0 amide bonds.